The second-order valence-corrected chi connectivity index (χ2v) is 3.84. The summed E-state index contributed by atoms with van der Waals surface area (Å²) < 4.78 is 0. The molecule has 0 aliphatic heterocycles. The molecule has 0 aromatic carbocycles. The van der Waals surface area contributed by atoms with Gasteiger partial charge in [-0.05, 0) is 43.2 Å². The fraction of sp³-hybridized carbons (Fsp3) is 0.231. The van der Waals surface area contributed by atoms with Gasteiger partial charge in [-0.15, -0.1) is 0 Å². The summed E-state index contributed by atoms with van der Waals surface area (Å²) in [6.07, 6.45) is 7.28. The molecule has 0 saturated carbocycles. The molecular weight excluding hydrogens is 198 g/mol. The summed E-state index contributed by atoms with van der Waals surface area (Å²) in [5.41, 5.74) is 3.50. The maximum Gasteiger partial charge on any atom is 0.0561 e. The third-order valence-electron chi connectivity index (χ3n) is 2.62. The molecule has 0 aliphatic rings. The molecule has 2 rings (SSSR count). The summed E-state index contributed by atoms with van der Waals surface area (Å²) in [5.74, 6) is 0. The Morgan fingerprint density at radius 2 is 1.75 bits per heavy atom. The second-order valence-electron chi connectivity index (χ2n) is 3.84. The van der Waals surface area contributed by atoms with Gasteiger partial charge in [0, 0.05) is 24.6 Å². The Labute approximate surface area is 95.6 Å². The van der Waals surface area contributed by atoms with Crippen LogP contribution in [0, 0.1) is 6.92 Å². The summed E-state index contributed by atoms with van der Waals surface area (Å²) in [6.45, 7) is 4.20. The first kappa shape index (κ1) is 10.6. The molecule has 1 N–H and O–H groups in total. The molecule has 2 aromatic rings. The number of nitrogens with zero attached hydrogens (tertiary/aromatic N) is 2. The molecule has 3 heteroatoms. The monoisotopic (exact) mass is 213 g/mol. The minimum absolute atomic E-state index is 0.255. The minimum Gasteiger partial charge on any atom is -0.377 e. The third-order valence-corrected chi connectivity index (χ3v) is 2.62. The number of hydrogen-bond donors (Lipinski definition) is 1. The molecule has 2 heterocycles. The van der Waals surface area contributed by atoms with Crippen molar-refractivity contribution in [1.82, 2.24) is 9.97 Å². The van der Waals surface area contributed by atoms with Gasteiger partial charge in [-0.3, -0.25) is 9.97 Å². The maximum atomic E-state index is 4.12. The zero-order valence-corrected chi connectivity index (χ0v) is 9.51. The van der Waals surface area contributed by atoms with Crippen LogP contribution >= 0.6 is 0 Å². The Morgan fingerprint density at radius 3 is 2.44 bits per heavy atom. The summed E-state index contributed by atoms with van der Waals surface area (Å²) in [7, 11) is 0. The van der Waals surface area contributed by atoms with Gasteiger partial charge in [0.05, 0.1) is 11.9 Å². The molecule has 0 amide bonds. The first-order valence-corrected chi connectivity index (χ1v) is 5.34. The van der Waals surface area contributed by atoms with Crippen LogP contribution in [-0.4, -0.2) is 9.97 Å². The Morgan fingerprint density at radius 1 is 1.06 bits per heavy atom. The standard InChI is InChI=1S/C13H15N3/c1-10-3-6-15-9-13(10)16-11(2)12-4-7-14-8-5-12/h3-9,11,16H,1-2H3. The van der Waals surface area contributed by atoms with E-state index in [1.54, 1.807) is 6.20 Å². The lowest BCUT2D eigenvalue weighted by Gasteiger charge is -2.16. The van der Waals surface area contributed by atoms with Crippen molar-refractivity contribution >= 4 is 5.69 Å². The number of rotatable bonds is 3. The van der Waals surface area contributed by atoms with Crippen LogP contribution in [0.3, 0.4) is 0 Å². The molecule has 1 unspecified atom stereocenters. The highest BCUT2D eigenvalue weighted by Gasteiger charge is 2.05. The molecule has 2 aromatic heterocycles. The average molecular weight is 213 g/mol. The molecule has 0 radical (unpaired) electrons. The van der Waals surface area contributed by atoms with Crippen molar-refractivity contribution in [2.45, 2.75) is 19.9 Å². The van der Waals surface area contributed by atoms with E-state index < -0.39 is 0 Å². The van der Waals surface area contributed by atoms with Crippen molar-refractivity contribution in [3.05, 3.63) is 54.1 Å². The smallest absolute Gasteiger partial charge is 0.0561 e. The van der Waals surface area contributed by atoms with Crippen LogP contribution < -0.4 is 5.32 Å². The number of hydrogen-bond acceptors (Lipinski definition) is 3. The zero-order valence-electron chi connectivity index (χ0n) is 9.51. The number of aromatic nitrogens is 2. The van der Waals surface area contributed by atoms with Gasteiger partial charge in [-0.25, -0.2) is 0 Å². The van der Waals surface area contributed by atoms with Gasteiger partial charge in [-0.2, -0.15) is 0 Å². The van der Waals surface area contributed by atoms with Crippen molar-refractivity contribution in [1.29, 1.82) is 0 Å². The Bertz CT molecular complexity index is 454. The number of pyridine rings is 2. The fourth-order valence-electron chi connectivity index (χ4n) is 1.58. The second kappa shape index (κ2) is 4.75. The Balaban J connectivity index is 2.14. The molecule has 0 saturated heterocycles. The van der Waals surface area contributed by atoms with E-state index in [1.807, 2.05) is 36.8 Å². The molecule has 1 atom stereocenters. The van der Waals surface area contributed by atoms with E-state index in [0.29, 0.717) is 0 Å². The van der Waals surface area contributed by atoms with Gasteiger partial charge >= 0.3 is 0 Å². The van der Waals surface area contributed by atoms with Gasteiger partial charge in [0.15, 0.2) is 0 Å². The highest BCUT2D eigenvalue weighted by molar-refractivity contribution is 5.49. The Kier molecular flexibility index (Phi) is 3.15. The lowest BCUT2D eigenvalue weighted by atomic mass is 10.1. The van der Waals surface area contributed by atoms with Gasteiger partial charge in [0.2, 0.25) is 0 Å². The van der Waals surface area contributed by atoms with E-state index in [4.69, 9.17) is 0 Å². The van der Waals surface area contributed by atoms with Crippen LogP contribution in [0.5, 0.6) is 0 Å². The van der Waals surface area contributed by atoms with E-state index in [1.165, 1.54) is 11.1 Å². The van der Waals surface area contributed by atoms with Crippen LogP contribution in [-0.2, 0) is 0 Å². The zero-order chi connectivity index (χ0) is 11.4. The summed E-state index contributed by atoms with van der Waals surface area (Å²) in [5, 5.41) is 3.44. The molecule has 0 aliphatic carbocycles. The molecular formula is C13H15N3. The topological polar surface area (TPSA) is 37.8 Å². The average Bonchev–Trinajstić information content (AvgIpc) is 2.33. The van der Waals surface area contributed by atoms with E-state index in [2.05, 4.69) is 29.1 Å². The largest absolute Gasteiger partial charge is 0.377 e. The van der Waals surface area contributed by atoms with Crippen LogP contribution in [0.4, 0.5) is 5.69 Å². The normalized spacial score (nSPS) is 12.1. The first-order valence-electron chi connectivity index (χ1n) is 5.34. The maximum absolute atomic E-state index is 4.12. The van der Waals surface area contributed by atoms with Gasteiger partial charge in [-0.1, -0.05) is 0 Å². The molecule has 0 bridgehead atoms. The number of anilines is 1. The van der Waals surface area contributed by atoms with Crippen LogP contribution in [0.25, 0.3) is 0 Å². The predicted molar refractivity (Wildman–Crippen MR) is 65.2 cm³/mol. The summed E-state index contributed by atoms with van der Waals surface area (Å²) >= 11 is 0. The highest BCUT2D eigenvalue weighted by atomic mass is 14.9. The van der Waals surface area contributed by atoms with Crippen LogP contribution in [0.2, 0.25) is 0 Å². The lowest BCUT2D eigenvalue weighted by Crippen LogP contribution is -2.07. The molecule has 0 spiro atoms. The SMILES string of the molecule is Cc1ccncc1NC(C)c1ccncc1. The van der Waals surface area contributed by atoms with E-state index in [-0.39, 0.29) is 6.04 Å². The number of aryl methyl sites for hydroxylation is 1. The molecule has 82 valence electrons. The highest BCUT2D eigenvalue weighted by Crippen LogP contribution is 2.20. The van der Waals surface area contributed by atoms with Crippen LogP contribution in [0.1, 0.15) is 24.1 Å². The van der Waals surface area contributed by atoms with Crippen LogP contribution in [0.15, 0.2) is 43.0 Å². The summed E-state index contributed by atoms with van der Waals surface area (Å²) in [4.78, 5) is 8.13. The van der Waals surface area contributed by atoms with Gasteiger partial charge < -0.3 is 5.32 Å². The molecule has 0 fully saturated rings. The van der Waals surface area contributed by atoms with E-state index >= 15 is 0 Å². The summed E-state index contributed by atoms with van der Waals surface area (Å²) in [6, 6.07) is 6.29. The third kappa shape index (κ3) is 2.37. The minimum atomic E-state index is 0.255. The van der Waals surface area contributed by atoms with Crippen molar-refractivity contribution in [2.75, 3.05) is 5.32 Å². The molecule has 16 heavy (non-hydrogen) atoms. The van der Waals surface area contributed by atoms with E-state index in [9.17, 15) is 0 Å². The van der Waals surface area contributed by atoms with Gasteiger partial charge in [0.25, 0.3) is 0 Å². The first-order chi connectivity index (χ1) is 7.77. The van der Waals surface area contributed by atoms with Crippen molar-refractivity contribution in [3.63, 3.8) is 0 Å². The Hall–Kier alpha value is -1.90. The van der Waals surface area contributed by atoms with Crippen molar-refractivity contribution in [2.24, 2.45) is 0 Å². The number of nitrogens with one attached hydrogen (secondary N) is 1. The lowest BCUT2D eigenvalue weighted by molar-refractivity contribution is 0.876. The van der Waals surface area contributed by atoms with Crippen molar-refractivity contribution < 1.29 is 0 Å². The van der Waals surface area contributed by atoms with E-state index in [0.717, 1.165) is 5.69 Å². The fourth-order valence-corrected chi connectivity index (χ4v) is 1.58. The van der Waals surface area contributed by atoms with Gasteiger partial charge in [0.1, 0.15) is 0 Å². The quantitative estimate of drug-likeness (QED) is 0.851. The predicted octanol–water partition coefficient (Wildman–Crippen LogP) is 2.96. The van der Waals surface area contributed by atoms with Crippen molar-refractivity contribution in [3.8, 4) is 0 Å². The molecule has 3 nitrogen and oxygen atoms in total.